The molecule has 1 atom stereocenters. The molecule has 0 saturated heterocycles. The molecule has 0 spiro atoms. The zero-order chi connectivity index (χ0) is 20.0. The largest absolute Gasteiger partial charge is 0.493 e. The number of para-hydroxylation sites is 1. The number of thiophene rings is 1. The van der Waals surface area contributed by atoms with Crippen molar-refractivity contribution in [1.29, 1.82) is 5.26 Å². The summed E-state index contributed by atoms with van der Waals surface area (Å²) < 4.78 is 12.0. The number of anilines is 2. The van der Waals surface area contributed by atoms with E-state index in [2.05, 4.69) is 16.4 Å². The van der Waals surface area contributed by atoms with Gasteiger partial charge in [-0.1, -0.05) is 12.1 Å². The zero-order valence-corrected chi connectivity index (χ0v) is 16.5. The fourth-order valence-corrected chi connectivity index (χ4v) is 5.07. The third kappa shape index (κ3) is 2.55. The first-order valence-corrected chi connectivity index (χ1v) is 9.50. The number of carbonyl (C=O) groups is 1. The number of methoxy groups -OCH3 is 2. The monoisotopic (exact) mass is 395 g/mol. The normalized spacial score (nSPS) is 15.6. The molecule has 0 aliphatic carbocycles. The molecule has 1 aromatic carbocycles. The second kappa shape index (κ2) is 6.69. The number of H-pyrrole nitrogens is 1. The Labute approximate surface area is 165 Å². The quantitative estimate of drug-likeness (QED) is 0.708. The Morgan fingerprint density at radius 1 is 1.36 bits per heavy atom. The van der Waals surface area contributed by atoms with Crippen molar-refractivity contribution in [2.75, 3.05) is 25.3 Å². The summed E-state index contributed by atoms with van der Waals surface area (Å²) in [5.74, 6) is 1.24. The number of carbonyl (C=O) groups excluding carboxylic acids is 1. The van der Waals surface area contributed by atoms with Crippen LogP contribution in [0.5, 0.6) is 11.5 Å². The highest BCUT2D eigenvalue weighted by atomic mass is 32.1. The minimum Gasteiger partial charge on any atom is -0.493 e. The van der Waals surface area contributed by atoms with Crippen molar-refractivity contribution in [2.45, 2.75) is 19.3 Å². The number of nitrogens with zero attached hydrogens (tertiary/aromatic N) is 1. The highest BCUT2D eigenvalue weighted by Crippen LogP contribution is 2.49. The summed E-state index contributed by atoms with van der Waals surface area (Å²) in [6.45, 7) is 1.87. The standard InChI is InChI=1S/C20H18N4O3S/c1-9-12(8-21)19(22)24-16-15-11(7-14(25)23-20(15)28-18(9)16)10-5-4-6-13(26-2)17(10)27-3/h4-6,11H,7H2,1-3H3,(H2,22,24)(H,23,25)/p+1/t11-/m0/s1. The molecule has 142 valence electrons. The first-order valence-electron chi connectivity index (χ1n) is 8.68. The second-order valence-corrected chi connectivity index (χ2v) is 7.61. The Hall–Kier alpha value is -3.31. The van der Waals surface area contributed by atoms with Crippen molar-refractivity contribution in [1.82, 2.24) is 0 Å². The van der Waals surface area contributed by atoms with E-state index in [-0.39, 0.29) is 18.2 Å². The number of amides is 1. The van der Waals surface area contributed by atoms with Gasteiger partial charge in [-0.05, 0) is 18.6 Å². The number of nitrogens with one attached hydrogen (secondary N) is 2. The van der Waals surface area contributed by atoms with Crippen molar-refractivity contribution in [2.24, 2.45) is 0 Å². The van der Waals surface area contributed by atoms with Gasteiger partial charge in [-0.15, -0.1) is 11.3 Å². The van der Waals surface area contributed by atoms with E-state index in [0.717, 1.165) is 31.9 Å². The van der Waals surface area contributed by atoms with Gasteiger partial charge in [0, 0.05) is 23.5 Å². The molecule has 8 heteroatoms. The average molecular weight is 395 g/mol. The molecule has 1 aliphatic heterocycles. The van der Waals surface area contributed by atoms with Gasteiger partial charge in [-0.2, -0.15) is 5.26 Å². The summed E-state index contributed by atoms with van der Waals surface area (Å²) in [5.41, 5.74) is 9.98. The molecule has 0 bridgehead atoms. The number of pyridine rings is 1. The fourth-order valence-electron chi connectivity index (χ4n) is 3.83. The van der Waals surface area contributed by atoms with Crippen LogP contribution in [0.4, 0.5) is 10.8 Å². The first kappa shape index (κ1) is 18.1. The number of hydrogen-bond donors (Lipinski definition) is 2. The minimum absolute atomic E-state index is 0.0694. The molecule has 1 aliphatic rings. The Balaban J connectivity index is 2.03. The van der Waals surface area contributed by atoms with Crippen molar-refractivity contribution >= 4 is 38.3 Å². The molecule has 1 amide bonds. The van der Waals surface area contributed by atoms with Crippen LogP contribution in [0.2, 0.25) is 0 Å². The Morgan fingerprint density at radius 3 is 2.82 bits per heavy atom. The Bertz CT molecular complexity index is 1160. The predicted molar refractivity (Wildman–Crippen MR) is 107 cm³/mol. The maximum absolute atomic E-state index is 12.5. The van der Waals surface area contributed by atoms with E-state index in [1.54, 1.807) is 14.2 Å². The van der Waals surface area contributed by atoms with Crippen LogP contribution >= 0.6 is 11.3 Å². The summed E-state index contributed by atoms with van der Waals surface area (Å²) >= 11 is 1.45. The smallest absolute Gasteiger partial charge is 0.289 e. The molecule has 0 radical (unpaired) electrons. The third-order valence-electron chi connectivity index (χ3n) is 5.10. The molecule has 0 saturated carbocycles. The lowest BCUT2D eigenvalue weighted by Crippen LogP contribution is -2.24. The number of ether oxygens (including phenoxy) is 2. The minimum atomic E-state index is -0.231. The van der Waals surface area contributed by atoms with Crippen molar-refractivity contribution in [3.05, 3.63) is 40.5 Å². The van der Waals surface area contributed by atoms with Crippen molar-refractivity contribution in [3.63, 3.8) is 0 Å². The predicted octanol–water partition coefficient (Wildman–Crippen LogP) is 2.97. The first-order chi connectivity index (χ1) is 13.5. The van der Waals surface area contributed by atoms with Gasteiger partial charge in [0.1, 0.15) is 22.2 Å². The molecule has 3 heterocycles. The highest BCUT2D eigenvalue weighted by molar-refractivity contribution is 7.23. The number of hydrogen-bond acceptors (Lipinski definition) is 6. The lowest BCUT2D eigenvalue weighted by Gasteiger charge is -2.25. The van der Waals surface area contributed by atoms with Gasteiger partial charge in [0.2, 0.25) is 5.91 Å². The zero-order valence-electron chi connectivity index (χ0n) is 15.7. The van der Waals surface area contributed by atoms with Crippen LogP contribution < -0.4 is 25.5 Å². The van der Waals surface area contributed by atoms with Gasteiger partial charge in [0.15, 0.2) is 11.5 Å². The van der Waals surface area contributed by atoms with E-state index in [4.69, 9.17) is 15.2 Å². The number of fused-ring (bicyclic) bond motifs is 3. The molecule has 0 fully saturated rings. The molecular weight excluding hydrogens is 376 g/mol. The average Bonchev–Trinajstić information content (AvgIpc) is 3.05. The summed E-state index contributed by atoms with van der Waals surface area (Å²) in [4.78, 5) is 15.6. The van der Waals surface area contributed by atoms with E-state index in [1.165, 1.54) is 11.3 Å². The van der Waals surface area contributed by atoms with Gasteiger partial charge >= 0.3 is 0 Å². The number of rotatable bonds is 3. The van der Waals surface area contributed by atoms with Crippen LogP contribution in [0.3, 0.4) is 0 Å². The lowest BCUT2D eigenvalue weighted by atomic mass is 9.85. The van der Waals surface area contributed by atoms with E-state index in [1.807, 2.05) is 25.1 Å². The number of nitrogen functional groups attached to an aromatic ring is 1. The summed E-state index contributed by atoms with van der Waals surface area (Å²) in [6, 6.07) is 7.80. The van der Waals surface area contributed by atoms with Gasteiger partial charge in [-0.25, -0.2) is 4.98 Å². The summed E-state index contributed by atoms with van der Waals surface area (Å²) in [6.07, 6.45) is 0.273. The molecule has 0 unspecified atom stereocenters. The maximum Gasteiger partial charge on any atom is 0.289 e. The molecule has 4 N–H and O–H groups in total. The van der Waals surface area contributed by atoms with Crippen LogP contribution in [-0.2, 0) is 4.79 Å². The van der Waals surface area contributed by atoms with E-state index in [0.29, 0.717) is 22.9 Å². The van der Waals surface area contributed by atoms with Crippen molar-refractivity contribution < 1.29 is 19.3 Å². The van der Waals surface area contributed by atoms with Gasteiger partial charge in [0.25, 0.3) is 5.82 Å². The Kier molecular flexibility index (Phi) is 4.32. The number of nitrogens with two attached hydrogens (primary N) is 1. The number of nitriles is 1. The third-order valence-corrected chi connectivity index (χ3v) is 6.34. The van der Waals surface area contributed by atoms with Gasteiger partial charge < -0.3 is 14.8 Å². The maximum atomic E-state index is 12.5. The molecule has 4 rings (SSSR count). The molecular formula is C20H19N4O3S+. The summed E-state index contributed by atoms with van der Waals surface area (Å²) in [7, 11) is 3.17. The topological polar surface area (TPSA) is 112 Å². The number of benzene rings is 1. The number of aryl methyl sites for hydroxylation is 1. The lowest BCUT2D eigenvalue weighted by molar-refractivity contribution is -0.327. The second-order valence-electron chi connectivity index (χ2n) is 6.59. The van der Waals surface area contributed by atoms with Crippen molar-refractivity contribution in [3.8, 4) is 17.6 Å². The molecule has 28 heavy (non-hydrogen) atoms. The summed E-state index contributed by atoms with van der Waals surface area (Å²) in [5, 5.41) is 13.1. The van der Waals surface area contributed by atoms with Crippen LogP contribution in [0, 0.1) is 18.3 Å². The van der Waals surface area contributed by atoms with Gasteiger partial charge in [-0.3, -0.25) is 10.5 Å². The SMILES string of the molecule is COc1cccc([C@@H]2CC(=O)Nc3sc4c(C)c(C#N)c(N)[nH+]c4c32)c1OC. The number of aromatic amines is 1. The van der Waals surface area contributed by atoms with E-state index >= 15 is 0 Å². The molecule has 3 aromatic rings. The van der Waals surface area contributed by atoms with E-state index in [9.17, 15) is 10.1 Å². The fraction of sp³-hybridized carbons (Fsp3) is 0.250. The van der Waals surface area contributed by atoms with Crippen LogP contribution in [-0.4, -0.2) is 20.1 Å². The van der Waals surface area contributed by atoms with Crippen LogP contribution in [0.15, 0.2) is 18.2 Å². The van der Waals surface area contributed by atoms with Crippen LogP contribution in [0.1, 0.15) is 34.6 Å². The highest BCUT2D eigenvalue weighted by Gasteiger charge is 2.35. The Morgan fingerprint density at radius 2 is 2.14 bits per heavy atom. The van der Waals surface area contributed by atoms with Crippen LogP contribution in [0.25, 0.3) is 10.2 Å². The van der Waals surface area contributed by atoms with E-state index < -0.39 is 0 Å². The van der Waals surface area contributed by atoms with Gasteiger partial charge in [0.05, 0.1) is 18.9 Å². The number of aromatic nitrogens is 1. The molecule has 2 aromatic heterocycles. The molecule has 7 nitrogen and oxygen atoms in total.